The molecule has 0 aliphatic carbocycles. The number of hydrogen-bond acceptors (Lipinski definition) is 5. The van der Waals surface area contributed by atoms with Gasteiger partial charge in [0.25, 0.3) is 11.6 Å². The van der Waals surface area contributed by atoms with Crippen LogP contribution in [-0.4, -0.2) is 25.8 Å². The Morgan fingerprint density at radius 3 is 2.39 bits per heavy atom. The Morgan fingerprint density at radius 2 is 1.75 bits per heavy atom. The van der Waals surface area contributed by atoms with Crippen LogP contribution < -0.4 is 5.32 Å². The summed E-state index contributed by atoms with van der Waals surface area (Å²) in [4.78, 5) is 17.7. The van der Waals surface area contributed by atoms with Gasteiger partial charge in [0.05, 0.1) is 28.0 Å². The minimum atomic E-state index is -0.230. The zero-order valence-electron chi connectivity index (χ0n) is 16.5. The number of carbonyl (C=O) groups is 1. The third-order valence-electron chi connectivity index (χ3n) is 4.63. The lowest BCUT2D eigenvalue weighted by atomic mass is 10.1. The summed E-state index contributed by atoms with van der Waals surface area (Å²) < 4.78 is 7.09. The Hall–Kier alpha value is -3.48. The number of hydrogen-bond donors (Lipinski definition) is 1. The lowest BCUT2D eigenvalue weighted by Gasteiger charge is -2.09. The summed E-state index contributed by atoms with van der Waals surface area (Å²) in [5.41, 5.74) is 6.66. The second-order valence-electron chi connectivity index (χ2n) is 7.14. The van der Waals surface area contributed by atoms with Crippen LogP contribution in [0.2, 0.25) is 0 Å². The Labute approximate surface area is 162 Å². The molecule has 1 aromatic carbocycles. The smallest absolute Gasteiger partial charge is 0.259 e. The highest BCUT2D eigenvalue weighted by atomic mass is 16.5. The van der Waals surface area contributed by atoms with Gasteiger partial charge in [-0.3, -0.25) is 9.48 Å². The fourth-order valence-electron chi connectivity index (χ4n) is 3.51. The average Bonchev–Trinajstić information content (AvgIpc) is 3.15. The second-order valence-corrected chi connectivity index (χ2v) is 7.14. The first-order chi connectivity index (χ1) is 13.3. The van der Waals surface area contributed by atoms with Crippen LogP contribution in [0.5, 0.6) is 0 Å². The molecule has 0 atom stereocenters. The van der Waals surface area contributed by atoms with E-state index >= 15 is 0 Å². The van der Waals surface area contributed by atoms with Gasteiger partial charge in [0.2, 0.25) is 0 Å². The van der Waals surface area contributed by atoms with Crippen LogP contribution in [0.3, 0.4) is 0 Å². The summed E-state index contributed by atoms with van der Waals surface area (Å²) in [5.74, 6) is -0.230. The molecule has 0 unspecified atom stereocenters. The number of rotatable bonds is 3. The standard InChI is InChI=1S/C21H21N5O2/c1-11-6-12(2)8-15(7-11)22-20(27)16-9-18(17-10-26(5)24-13(17)3)23-21-19(16)14(4)25-28-21/h6-10H,1-5H3,(H,22,27). The molecule has 142 valence electrons. The molecule has 7 heteroatoms. The van der Waals surface area contributed by atoms with Gasteiger partial charge in [-0.05, 0) is 57.0 Å². The number of aryl methyl sites for hydroxylation is 5. The molecular weight excluding hydrogens is 354 g/mol. The van der Waals surface area contributed by atoms with Crippen LogP contribution in [-0.2, 0) is 7.05 Å². The van der Waals surface area contributed by atoms with Gasteiger partial charge in [0.1, 0.15) is 0 Å². The first-order valence-corrected chi connectivity index (χ1v) is 8.99. The highest BCUT2D eigenvalue weighted by molar-refractivity contribution is 6.13. The molecule has 3 heterocycles. The van der Waals surface area contributed by atoms with Crippen molar-refractivity contribution in [3.8, 4) is 11.3 Å². The number of anilines is 1. The quantitative estimate of drug-likeness (QED) is 0.582. The van der Waals surface area contributed by atoms with E-state index in [1.165, 1.54) is 0 Å². The molecule has 0 radical (unpaired) electrons. The SMILES string of the molecule is Cc1cc(C)cc(NC(=O)c2cc(-c3cn(C)nc3C)nc3onc(C)c23)c1. The summed E-state index contributed by atoms with van der Waals surface area (Å²) in [5, 5.41) is 12.0. The minimum Gasteiger partial charge on any atom is -0.335 e. The number of nitrogens with one attached hydrogen (secondary N) is 1. The van der Waals surface area contributed by atoms with Crippen LogP contribution >= 0.6 is 0 Å². The maximum absolute atomic E-state index is 13.1. The number of nitrogens with zero attached hydrogens (tertiary/aromatic N) is 4. The molecule has 7 nitrogen and oxygen atoms in total. The largest absolute Gasteiger partial charge is 0.335 e. The molecule has 1 N–H and O–H groups in total. The maximum Gasteiger partial charge on any atom is 0.259 e. The van der Waals surface area contributed by atoms with E-state index in [2.05, 4.69) is 26.6 Å². The van der Waals surface area contributed by atoms with E-state index in [-0.39, 0.29) is 5.91 Å². The Bertz CT molecular complexity index is 1200. The molecule has 4 aromatic rings. The molecule has 0 aliphatic rings. The molecule has 4 rings (SSSR count). The van der Waals surface area contributed by atoms with Crippen molar-refractivity contribution in [3.05, 3.63) is 58.5 Å². The van der Waals surface area contributed by atoms with Gasteiger partial charge in [-0.2, -0.15) is 5.10 Å². The van der Waals surface area contributed by atoms with E-state index in [1.54, 1.807) is 17.7 Å². The van der Waals surface area contributed by atoms with E-state index < -0.39 is 0 Å². The topological polar surface area (TPSA) is 85.8 Å². The monoisotopic (exact) mass is 375 g/mol. The third-order valence-corrected chi connectivity index (χ3v) is 4.63. The molecule has 0 bridgehead atoms. The average molecular weight is 375 g/mol. The summed E-state index contributed by atoms with van der Waals surface area (Å²) in [7, 11) is 1.85. The van der Waals surface area contributed by atoms with Crippen LogP contribution in [0.4, 0.5) is 5.69 Å². The zero-order chi connectivity index (χ0) is 20.0. The van der Waals surface area contributed by atoms with E-state index in [4.69, 9.17) is 4.52 Å². The second kappa shape index (κ2) is 6.60. The summed E-state index contributed by atoms with van der Waals surface area (Å²) in [6.07, 6.45) is 1.87. The molecular formula is C21H21N5O2. The molecule has 3 aromatic heterocycles. The first kappa shape index (κ1) is 17.9. The van der Waals surface area contributed by atoms with Crippen molar-refractivity contribution in [1.82, 2.24) is 19.9 Å². The van der Waals surface area contributed by atoms with Gasteiger partial charge >= 0.3 is 0 Å². The molecule has 0 spiro atoms. The number of aromatic nitrogens is 4. The van der Waals surface area contributed by atoms with E-state index in [0.29, 0.717) is 28.1 Å². The lowest BCUT2D eigenvalue weighted by molar-refractivity contribution is 0.102. The fraction of sp³-hybridized carbons (Fsp3) is 0.238. The molecule has 0 saturated heterocycles. The van der Waals surface area contributed by atoms with Gasteiger partial charge in [-0.1, -0.05) is 11.2 Å². The van der Waals surface area contributed by atoms with Gasteiger partial charge in [-0.25, -0.2) is 4.98 Å². The van der Waals surface area contributed by atoms with Gasteiger partial charge in [-0.15, -0.1) is 0 Å². The van der Waals surface area contributed by atoms with Crippen molar-refractivity contribution >= 4 is 22.7 Å². The number of fused-ring (bicyclic) bond motifs is 1. The Balaban J connectivity index is 1.83. The van der Waals surface area contributed by atoms with Crippen molar-refractivity contribution < 1.29 is 9.32 Å². The molecule has 0 fully saturated rings. The maximum atomic E-state index is 13.1. The molecule has 0 saturated carbocycles. The van der Waals surface area contributed by atoms with Crippen molar-refractivity contribution in [3.63, 3.8) is 0 Å². The van der Waals surface area contributed by atoms with Crippen molar-refractivity contribution in [2.45, 2.75) is 27.7 Å². The van der Waals surface area contributed by atoms with E-state index in [9.17, 15) is 4.79 Å². The minimum absolute atomic E-state index is 0.230. The van der Waals surface area contributed by atoms with Crippen molar-refractivity contribution in [2.75, 3.05) is 5.32 Å². The Morgan fingerprint density at radius 1 is 1.04 bits per heavy atom. The van der Waals surface area contributed by atoms with Crippen molar-refractivity contribution in [2.24, 2.45) is 7.05 Å². The fourth-order valence-corrected chi connectivity index (χ4v) is 3.51. The first-order valence-electron chi connectivity index (χ1n) is 8.99. The number of carbonyl (C=O) groups excluding carboxylic acids is 1. The van der Waals surface area contributed by atoms with E-state index in [0.717, 1.165) is 28.1 Å². The molecule has 1 amide bonds. The normalized spacial score (nSPS) is 11.2. The summed E-state index contributed by atoms with van der Waals surface area (Å²) >= 11 is 0. The van der Waals surface area contributed by atoms with Gasteiger partial charge in [0, 0.05) is 24.5 Å². The lowest BCUT2D eigenvalue weighted by Crippen LogP contribution is -2.13. The summed E-state index contributed by atoms with van der Waals surface area (Å²) in [6.45, 7) is 7.71. The van der Waals surface area contributed by atoms with Crippen LogP contribution in [0.25, 0.3) is 22.4 Å². The zero-order valence-corrected chi connectivity index (χ0v) is 16.5. The molecule has 28 heavy (non-hydrogen) atoms. The predicted octanol–water partition coefficient (Wildman–Crippen LogP) is 4.11. The third kappa shape index (κ3) is 3.15. The number of amides is 1. The highest BCUT2D eigenvalue weighted by Crippen LogP contribution is 2.29. The van der Waals surface area contributed by atoms with Gasteiger partial charge in [0.15, 0.2) is 0 Å². The van der Waals surface area contributed by atoms with Crippen LogP contribution in [0, 0.1) is 27.7 Å². The number of pyridine rings is 1. The Kier molecular flexibility index (Phi) is 4.22. The summed E-state index contributed by atoms with van der Waals surface area (Å²) in [6, 6.07) is 7.72. The van der Waals surface area contributed by atoms with E-state index in [1.807, 2.05) is 46.1 Å². The van der Waals surface area contributed by atoms with Crippen molar-refractivity contribution in [1.29, 1.82) is 0 Å². The highest BCUT2D eigenvalue weighted by Gasteiger charge is 2.21. The van der Waals surface area contributed by atoms with Gasteiger partial charge < -0.3 is 9.84 Å². The van der Waals surface area contributed by atoms with Crippen LogP contribution in [0.1, 0.15) is 32.9 Å². The number of benzene rings is 1. The predicted molar refractivity (Wildman–Crippen MR) is 107 cm³/mol. The molecule has 0 aliphatic heterocycles. The van der Waals surface area contributed by atoms with Crippen LogP contribution in [0.15, 0.2) is 35.0 Å².